The molecule has 404 valence electrons. The van der Waals surface area contributed by atoms with Crippen LogP contribution in [-0.4, -0.2) is 33.0 Å². The van der Waals surface area contributed by atoms with Crippen LogP contribution in [0.3, 0.4) is 0 Å². The van der Waals surface area contributed by atoms with Crippen molar-refractivity contribution in [3.05, 3.63) is 237 Å². The fourth-order valence-electron chi connectivity index (χ4n) is 10.1. The molecule has 0 aliphatic rings. The number of rotatable bonds is 23. The first-order valence-electron chi connectivity index (χ1n) is 27.6. The maximum atomic E-state index is 6.24. The molecule has 0 saturated carbocycles. The Morgan fingerprint density at radius 2 is 0.481 bits per heavy atom. The molecule has 0 amide bonds. The predicted octanol–water partition coefficient (Wildman–Crippen LogP) is 19.1. The molecule has 0 bridgehead atoms. The van der Waals surface area contributed by atoms with E-state index in [-0.39, 0.29) is 0 Å². The Hall–Kier alpha value is -10.0. The Labute approximate surface area is 476 Å². The van der Waals surface area contributed by atoms with Crippen molar-refractivity contribution in [2.75, 3.05) is 47.7 Å². The predicted molar refractivity (Wildman–Crippen MR) is 332 cm³/mol. The van der Waals surface area contributed by atoms with Crippen LogP contribution in [-0.2, 0) is 0 Å². The van der Waals surface area contributed by atoms with Gasteiger partial charge in [0.25, 0.3) is 0 Å². The van der Waals surface area contributed by atoms with Crippen LogP contribution in [0.1, 0.15) is 34.6 Å². The first-order chi connectivity index (χ1) is 39.9. The standard InChI is InChI=1S/C72H65N3O6/c1-7-76-67-31-19-13-25-61(67)73(62-26-14-20-32-68(62)77-8-2)58-43-37-52(38-44-58)55-49-56(53-39-45-59(46-40-53)74(63-27-15-21-33-69(63)78-9-3)64-28-16-22-34-70(64)79-10-4)51-57(50-55)54-41-47-60(48-42-54)75(65-29-17-23-35-71(65)80-11-5)66-30-18-24-36-72(66)81-12-6/h1,13-51H,8-12H2,2-6H3. The minimum absolute atomic E-state index is 0.500. The molecule has 81 heavy (non-hydrogen) atoms. The van der Waals surface area contributed by atoms with Crippen molar-refractivity contribution >= 4 is 51.2 Å². The van der Waals surface area contributed by atoms with E-state index in [1.54, 1.807) is 0 Å². The molecule has 0 heterocycles. The summed E-state index contributed by atoms with van der Waals surface area (Å²) in [5, 5.41) is 0. The van der Waals surface area contributed by atoms with E-state index in [0.717, 1.165) is 113 Å². The molecule has 0 N–H and O–H groups in total. The molecule has 0 aliphatic carbocycles. The summed E-state index contributed by atoms with van der Waals surface area (Å²) in [7, 11) is 0. The first kappa shape index (κ1) is 54.3. The van der Waals surface area contributed by atoms with E-state index in [1.807, 2.05) is 156 Å². The molecule has 0 radical (unpaired) electrons. The fourth-order valence-corrected chi connectivity index (χ4v) is 10.1. The highest BCUT2D eigenvalue weighted by molar-refractivity contribution is 5.89. The summed E-state index contributed by atoms with van der Waals surface area (Å²) in [6, 6.07) is 81.1. The Morgan fingerprint density at radius 1 is 0.272 bits per heavy atom. The van der Waals surface area contributed by atoms with E-state index in [2.05, 4.69) is 136 Å². The molecule has 0 saturated heterocycles. The summed E-state index contributed by atoms with van der Waals surface area (Å²) in [5.41, 5.74) is 14.3. The number of hydrogen-bond donors (Lipinski definition) is 0. The second-order valence-corrected chi connectivity index (χ2v) is 18.6. The highest BCUT2D eigenvalue weighted by atomic mass is 16.5. The average molecular weight is 1070 g/mol. The number of hydrogen-bond acceptors (Lipinski definition) is 9. The minimum Gasteiger partial charge on any atom is -0.492 e. The van der Waals surface area contributed by atoms with Crippen LogP contribution in [0.2, 0.25) is 0 Å². The molecule has 0 aromatic heterocycles. The molecule has 9 heteroatoms. The lowest BCUT2D eigenvalue weighted by molar-refractivity contribution is 0.338. The monoisotopic (exact) mass is 1070 g/mol. The smallest absolute Gasteiger partial charge is 0.164 e. The molecule has 0 fully saturated rings. The number of nitrogens with zero attached hydrogens (tertiary/aromatic N) is 3. The van der Waals surface area contributed by atoms with Gasteiger partial charge in [-0.3, -0.25) is 0 Å². The summed E-state index contributed by atoms with van der Waals surface area (Å²) in [6.45, 7) is 12.6. The minimum atomic E-state index is 0.500. The van der Waals surface area contributed by atoms with Gasteiger partial charge in [-0.2, -0.15) is 0 Å². The molecule has 10 rings (SSSR count). The molecular weight excluding hydrogens is 1000 g/mol. The lowest BCUT2D eigenvalue weighted by Gasteiger charge is -2.29. The van der Waals surface area contributed by atoms with Crippen molar-refractivity contribution in [2.45, 2.75) is 34.6 Å². The van der Waals surface area contributed by atoms with Crippen LogP contribution < -0.4 is 43.1 Å². The lowest BCUT2D eigenvalue weighted by atomic mass is 9.93. The second-order valence-electron chi connectivity index (χ2n) is 18.6. The van der Waals surface area contributed by atoms with Crippen molar-refractivity contribution in [3.8, 4) is 80.4 Å². The number of terminal acetylenes is 1. The quantitative estimate of drug-likeness (QED) is 0.0583. The molecular formula is C72H65N3O6. The molecule has 0 atom stereocenters. The lowest BCUT2D eigenvalue weighted by Crippen LogP contribution is -2.13. The highest BCUT2D eigenvalue weighted by Gasteiger charge is 2.24. The third kappa shape index (κ3) is 12.0. The average Bonchev–Trinajstić information content (AvgIpc) is 3.55. The molecule has 10 aromatic carbocycles. The van der Waals surface area contributed by atoms with Crippen LogP contribution in [0.15, 0.2) is 237 Å². The third-order valence-electron chi connectivity index (χ3n) is 13.6. The van der Waals surface area contributed by atoms with Crippen LogP contribution in [0.4, 0.5) is 51.2 Å². The van der Waals surface area contributed by atoms with Gasteiger partial charge in [-0.25, -0.2) is 0 Å². The van der Waals surface area contributed by atoms with Gasteiger partial charge in [0, 0.05) is 17.1 Å². The summed E-state index contributed by atoms with van der Waals surface area (Å²) < 4.78 is 36.9. The summed E-state index contributed by atoms with van der Waals surface area (Å²) >= 11 is 0. The van der Waals surface area contributed by atoms with E-state index >= 15 is 0 Å². The van der Waals surface area contributed by atoms with E-state index in [0.29, 0.717) is 38.8 Å². The molecule has 0 unspecified atom stereocenters. The highest BCUT2D eigenvalue weighted by Crippen LogP contribution is 2.48. The van der Waals surface area contributed by atoms with Crippen LogP contribution in [0.25, 0.3) is 33.4 Å². The molecule has 0 spiro atoms. The van der Waals surface area contributed by atoms with E-state index in [9.17, 15) is 0 Å². The summed E-state index contributed by atoms with van der Waals surface area (Å²) in [5.74, 6) is 4.38. The van der Waals surface area contributed by atoms with E-state index < -0.39 is 0 Å². The number of benzene rings is 10. The molecule has 9 nitrogen and oxygen atoms in total. The van der Waals surface area contributed by atoms with Gasteiger partial charge in [0.1, 0.15) is 34.9 Å². The van der Waals surface area contributed by atoms with Crippen molar-refractivity contribution in [2.24, 2.45) is 0 Å². The summed E-state index contributed by atoms with van der Waals surface area (Å²) in [4.78, 5) is 6.54. The normalized spacial score (nSPS) is 10.8. The Morgan fingerprint density at radius 3 is 0.704 bits per heavy atom. The van der Waals surface area contributed by atoms with E-state index in [1.165, 1.54) is 0 Å². The third-order valence-corrected chi connectivity index (χ3v) is 13.6. The Balaban J connectivity index is 1.11. The van der Waals surface area contributed by atoms with Gasteiger partial charge in [-0.05, 0) is 195 Å². The summed E-state index contributed by atoms with van der Waals surface area (Å²) in [6.07, 6.45) is 8.12. The van der Waals surface area contributed by atoms with Crippen LogP contribution in [0.5, 0.6) is 34.5 Å². The maximum absolute atomic E-state index is 6.24. The SMILES string of the molecule is C#COc1ccccc1N(c1ccc(-c2cc(-c3ccc(N(c4ccccc4OCC)c4ccccc4OCC)cc3)cc(-c3ccc(N(c4ccccc4OCC)c4ccccc4OCC)cc3)c2)cc1)c1ccccc1OCC. The van der Waals surface area contributed by atoms with Gasteiger partial charge in [-0.1, -0.05) is 116 Å². The molecule has 0 aliphatic heterocycles. The Kier molecular flexibility index (Phi) is 17.5. The van der Waals surface area contributed by atoms with Crippen molar-refractivity contribution in [1.82, 2.24) is 0 Å². The zero-order valence-corrected chi connectivity index (χ0v) is 46.4. The van der Waals surface area contributed by atoms with Crippen LogP contribution >= 0.6 is 0 Å². The topological polar surface area (TPSA) is 65.1 Å². The first-order valence-corrected chi connectivity index (χ1v) is 27.6. The zero-order chi connectivity index (χ0) is 55.9. The van der Waals surface area contributed by atoms with Gasteiger partial charge in [-0.15, -0.1) is 0 Å². The van der Waals surface area contributed by atoms with Gasteiger partial charge in [0.15, 0.2) is 5.75 Å². The van der Waals surface area contributed by atoms with Gasteiger partial charge in [0.2, 0.25) is 0 Å². The van der Waals surface area contributed by atoms with Crippen molar-refractivity contribution in [3.63, 3.8) is 0 Å². The number of para-hydroxylation sites is 12. The van der Waals surface area contributed by atoms with Crippen molar-refractivity contribution in [1.29, 1.82) is 0 Å². The van der Waals surface area contributed by atoms with E-state index in [4.69, 9.17) is 34.8 Å². The van der Waals surface area contributed by atoms with Gasteiger partial charge in [0.05, 0.1) is 67.2 Å². The maximum Gasteiger partial charge on any atom is 0.164 e. The largest absolute Gasteiger partial charge is 0.492 e. The van der Waals surface area contributed by atoms with Crippen molar-refractivity contribution < 1.29 is 28.4 Å². The number of ether oxygens (including phenoxy) is 6. The van der Waals surface area contributed by atoms with Crippen LogP contribution in [0, 0.1) is 12.5 Å². The zero-order valence-electron chi connectivity index (χ0n) is 46.4. The van der Waals surface area contributed by atoms with Gasteiger partial charge >= 0.3 is 0 Å². The Bertz CT molecular complexity index is 3480. The second kappa shape index (κ2) is 26.1. The number of anilines is 9. The molecule has 10 aromatic rings. The van der Waals surface area contributed by atoms with Gasteiger partial charge < -0.3 is 43.1 Å². The fraction of sp³-hybridized carbons (Fsp3) is 0.139.